The number of nitrogens with one attached hydrogen (secondary N) is 1. The molecule has 2 heterocycles. The van der Waals surface area contributed by atoms with Crippen molar-refractivity contribution in [3.63, 3.8) is 0 Å². The summed E-state index contributed by atoms with van der Waals surface area (Å²) in [5.74, 6) is -0.573. The Kier molecular flexibility index (Phi) is 7.96. The van der Waals surface area contributed by atoms with Crippen LogP contribution in [0.1, 0.15) is 73.9 Å². The summed E-state index contributed by atoms with van der Waals surface area (Å²) >= 11 is 0. The van der Waals surface area contributed by atoms with Crippen molar-refractivity contribution in [2.75, 3.05) is 19.6 Å². The van der Waals surface area contributed by atoms with E-state index >= 15 is 0 Å². The molecule has 1 fully saturated rings. The first-order valence-electron chi connectivity index (χ1n) is 11.4. The van der Waals surface area contributed by atoms with Crippen LogP contribution >= 0.6 is 0 Å². The van der Waals surface area contributed by atoms with E-state index in [1.807, 2.05) is 12.1 Å². The number of hydrogen-bond donors (Lipinski definition) is 1. The van der Waals surface area contributed by atoms with Crippen LogP contribution in [0.4, 0.5) is 0 Å². The minimum absolute atomic E-state index is 0.166. The summed E-state index contributed by atoms with van der Waals surface area (Å²) in [5.41, 5.74) is 2.53. The number of nitrogens with zero attached hydrogens (tertiary/aromatic N) is 2. The Morgan fingerprint density at radius 1 is 1.13 bits per heavy atom. The van der Waals surface area contributed by atoms with E-state index in [4.69, 9.17) is 0 Å². The van der Waals surface area contributed by atoms with Crippen molar-refractivity contribution in [2.45, 2.75) is 71.4 Å². The average Bonchev–Trinajstić information content (AvgIpc) is 3.08. The highest BCUT2D eigenvalue weighted by molar-refractivity contribution is 6.05. The third kappa shape index (κ3) is 5.79. The van der Waals surface area contributed by atoms with Crippen LogP contribution in [0.2, 0.25) is 0 Å². The number of hydrogen-bond acceptors (Lipinski definition) is 5. The number of fused-ring (bicyclic) bond motifs is 1. The molecule has 2 aliphatic heterocycles. The third-order valence-corrected chi connectivity index (χ3v) is 6.35. The first kappa shape index (κ1) is 23.1. The van der Waals surface area contributed by atoms with Crippen molar-refractivity contribution in [3.8, 4) is 0 Å². The SMILES string of the molecule is CCN(CC)CCCCC(=O)CCc1ccc2c(c1)CN(C1CCC(=O)NC1=O)C2=O. The molecule has 168 valence electrons. The van der Waals surface area contributed by atoms with Gasteiger partial charge in [0.05, 0.1) is 0 Å². The molecule has 0 spiro atoms. The molecular formula is C24H33N3O4. The fourth-order valence-corrected chi connectivity index (χ4v) is 4.39. The number of piperidine rings is 1. The standard InChI is InChI=1S/C24H33N3O4/c1-3-26(4-2)14-6-5-7-19(28)10-8-17-9-11-20-18(15-17)16-27(24(20)31)21-12-13-22(29)25-23(21)30/h9,11,15,21H,3-8,10,12-14,16H2,1-2H3,(H,25,29,30). The number of aryl methyl sites for hydroxylation is 1. The summed E-state index contributed by atoms with van der Waals surface area (Å²) in [4.78, 5) is 52.5. The summed E-state index contributed by atoms with van der Waals surface area (Å²) in [6.45, 7) is 7.82. The molecule has 1 atom stereocenters. The molecule has 3 rings (SSSR count). The highest BCUT2D eigenvalue weighted by Gasteiger charge is 2.39. The smallest absolute Gasteiger partial charge is 0.255 e. The first-order valence-corrected chi connectivity index (χ1v) is 11.4. The zero-order chi connectivity index (χ0) is 22.4. The number of unbranched alkanes of at least 4 members (excludes halogenated alkanes) is 1. The molecular weight excluding hydrogens is 394 g/mol. The van der Waals surface area contributed by atoms with Crippen LogP contribution in [0.15, 0.2) is 18.2 Å². The number of rotatable bonds is 11. The number of carbonyl (C=O) groups is 4. The number of carbonyl (C=O) groups excluding carboxylic acids is 4. The second-order valence-electron chi connectivity index (χ2n) is 8.41. The van der Waals surface area contributed by atoms with Crippen molar-refractivity contribution in [2.24, 2.45) is 0 Å². The molecule has 0 aromatic heterocycles. The van der Waals surface area contributed by atoms with Gasteiger partial charge in [-0.3, -0.25) is 24.5 Å². The quantitative estimate of drug-likeness (QED) is 0.433. The van der Waals surface area contributed by atoms with Gasteiger partial charge in [0.2, 0.25) is 11.8 Å². The van der Waals surface area contributed by atoms with Crippen molar-refractivity contribution in [1.29, 1.82) is 0 Å². The molecule has 31 heavy (non-hydrogen) atoms. The maximum Gasteiger partial charge on any atom is 0.255 e. The second kappa shape index (κ2) is 10.7. The maximum atomic E-state index is 12.7. The van der Waals surface area contributed by atoms with E-state index in [-0.39, 0.29) is 24.0 Å². The highest BCUT2D eigenvalue weighted by Crippen LogP contribution is 2.28. The van der Waals surface area contributed by atoms with E-state index in [9.17, 15) is 19.2 Å². The van der Waals surface area contributed by atoms with Gasteiger partial charge in [-0.2, -0.15) is 0 Å². The van der Waals surface area contributed by atoms with Gasteiger partial charge >= 0.3 is 0 Å². The van der Waals surface area contributed by atoms with E-state index < -0.39 is 11.9 Å². The predicted molar refractivity (Wildman–Crippen MR) is 117 cm³/mol. The van der Waals surface area contributed by atoms with E-state index in [2.05, 4.69) is 24.1 Å². The van der Waals surface area contributed by atoms with Crippen molar-refractivity contribution >= 4 is 23.5 Å². The molecule has 1 N–H and O–H groups in total. The number of Topliss-reactive ketones (excluding diaryl/α,β-unsaturated/α-hetero) is 1. The lowest BCUT2D eigenvalue weighted by molar-refractivity contribution is -0.137. The first-order chi connectivity index (χ1) is 14.9. The Labute approximate surface area is 184 Å². The maximum absolute atomic E-state index is 12.7. The van der Waals surface area contributed by atoms with E-state index in [0.29, 0.717) is 37.8 Å². The van der Waals surface area contributed by atoms with E-state index in [0.717, 1.165) is 43.6 Å². The summed E-state index contributed by atoms with van der Waals surface area (Å²) < 4.78 is 0. The number of ketones is 1. The van der Waals surface area contributed by atoms with Gasteiger partial charge < -0.3 is 9.80 Å². The molecule has 7 heteroatoms. The molecule has 7 nitrogen and oxygen atoms in total. The van der Waals surface area contributed by atoms with Crippen LogP contribution in [0, 0.1) is 0 Å². The molecule has 1 aromatic carbocycles. The van der Waals surface area contributed by atoms with Crippen molar-refractivity contribution in [1.82, 2.24) is 15.1 Å². The van der Waals surface area contributed by atoms with Crippen LogP contribution in [0.5, 0.6) is 0 Å². The number of imide groups is 1. The minimum Gasteiger partial charge on any atom is -0.322 e. The third-order valence-electron chi connectivity index (χ3n) is 6.35. The Morgan fingerprint density at radius 3 is 2.61 bits per heavy atom. The fourth-order valence-electron chi connectivity index (χ4n) is 4.39. The van der Waals surface area contributed by atoms with Gasteiger partial charge in [-0.15, -0.1) is 0 Å². The van der Waals surface area contributed by atoms with Gasteiger partial charge in [0.25, 0.3) is 5.91 Å². The molecule has 1 aromatic rings. The van der Waals surface area contributed by atoms with Gasteiger partial charge in [0, 0.05) is 31.4 Å². The van der Waals surface area contributed by atoms with Gasteiger partial charge in [-0.25, -0.2) is 0 Å². The van der Waals surface area contributed by atoms with Crippen LogP contribution in [0.25, 0.3) is 0 Å². The number of amides is 3. The lowest BCUT2D eigenvalue weighted by Crippen LogP contribution is -2.52. The summed E-state index contributed by atoms with van der Waals surface area (Å²) in [6, 6.07) is 5.08. The second-order valence-corrected chi connectivity index (χ2v) is 8.41. The number of benzene rings is 1. The molecule has 0 radical (unpaired) electrons. The van der Waals surface area contributed by atoms with E-state index in [1.54, 1.807) is 11.0 Å². The molecule has 0 aliphatic carbocycles. The lowest BCUT2D eigenvalue weighted by atomic mass is 10.0. The summed E-state index contributed by atoms with van der Waals surface area (Å²) in [7, 11) is 0. The van der Waals surface area contributed by atoms with E-state index in [1.165, 1.54) is 0 Å². The zero-order valence-corrected chi connectivity index (χ0v) is 18.6. The highest BCUT2D eigenvalue weighted by atomic mass is 16.2. The summed E-state index contributed by atoms with van der Waals surface area (Å²) in [6.07, 6.45) is 4.37. The molecule has 1 saturated heterocycles. The molecule has 0 bridgehead atoms. The molecule has 3 amide bonds. The van der Waals surface area contributed by atoms with Gasteiger partial charge in [0.1, 0.15) is 11.8 Å². The minimum atomic E-state index is -0.598. The molecule has 0 saturated carbocycles. The Bertz CT molecular complexity index is 847. The average molecular weight is 428 g/mol. The van der Waals surface area contributed by atoms with Crippen LogP contribution in [-0.4, -0.2) is 59.0 Å². The molecule has 2 aliphatic rings. The normalized spacial score (nSPS) is 18.5. The lowest BCUT2D eigenvalue weighted by Gasteiger charge is -2.29. The van der Waals surface area contributed by atoms with Gasteiger partial charge in [-0.1, -0.05) is 26.0 Å². The predicted octanol–water partition coefficient (Wildman–Crippen LogP) is 2.46. The Hall–Kier alpha value is -2.54. The van der Waals surface area contributed by atoms with Crippen LogP contribution in [-0.2, 0) is 27.3 Å². The summed E-state index contributed by atoms with van der Waals surface area (Å²) in [5, 5.41) is 2.32. The Morgan fingerprint density at radius 2 is 1.90 bits per heavy atom. The van der Waals surface area contributed by atoms with Crippen molar-refractivity contribution in [3.05, 3.63) is 34.9 Å². The monoisotopic (exact) mass is 427 g/mol. The molecule has 1 unspecified atom stereocenters. The van der Waals surface area contributed by atoms with Crippen LogP contribution in [0.3, 0.4) is 0 Å². The largest absolute Gasteiger partial charge is 0.322 e. The van der Waals surface area contributed by atoms with Crippen LogP contribution < -0.4 is 5.32 Å². The van der Waals surface area contributed by atoms with Crippen molar-refractivity contribution < 1.29 is 19.2 Å². The van der Waals surface area contributed by atoms with Gasteiger partial charge in [-0.05, 0) is 62.5 Å². The zero-order valence-electron chi connectivity index (χ0n) is 18.6. The Balaban J connectivity index is 1.48. The fraction of sp³-hybridized carbons (Fsp3) is 0.583. The van der Waals surface area contributed by atoms with Gasteiger partial charge in [0.15, 0.2) is 0 Å². The topological polar surface area (TPSA) is 86.8 Å².